The van der Waals surface area contributed by atoms with Crippen LogP contribution in [0.3, 0.4) is 0 Å². The Kier molecular flexibility index (Phi) is 2.45. The fraction of sp³-hybridized carbons (Fsp3) is 0.600. The number of hydrogen-bond donors (Lipinski definition) is 1. The molecule has 0 aromatic rings. The maximum Gasteiger partial charge on any atom is 0.308 e. The van der Waals surface area contributed by atoms with Crippen LogP contribution >= 0.6 is 0 Å². The highest BCUT2D eigenvalue weighted by atomic mass is 16.7. The van der Waals surface area contributed by atoms with E-state index in [1.807, 2.05) is 12.2 Å². The molecule has 2 fully saturated rings. The number of amides is 1. The van der Waals surface area contributed by atoms with E-state index in [1.165, 1.54) is 0 Å². The largest absolute Gasteiger partial charge is 0.433 e. The summed E-state index contributed by atoms with van der Waals surface area (Å²) in [7, 11) is 1.62. The molecular weight excluding hydrogens is 274 g/mol. The van der Waals surface area contributed by atoms with Crippen molar-refractivity contribution in [3.63, 3.8) is 0 Å². The molecule has 0 saturated carbocycles. The molecule has 4 aliphatic rings. The van der Waals surface area contributed by atoms with Gasteiger partial charge in [0, 0.05) is 32.6 Å². The van der Waals surface area contributed by atoms with Crippen molar-refractivity contribution in [3.05, 3.63) is 23.8 Å². The molecule has 0 aromatic heterocycles. The van der Waals surface area contributed by atoms with Crippen LogP contribution in [-0.4, -0.2) is 53.0 Å². The van der Waals surface area contributed by atoms with Crippen LogP contribution in [0.15, 0.2) is 23.8 Å². The Morgan fingerprint density at radius 1 is 1.48 bits per heavy atom. The van der Waals surface area contributed by atoms with Crippen molar-refractivity contribution >= 4 is 11.9 Å². The Morgan fingerprint density at radius 2 is 2.29 bits per heavy atom. The monoisotopic (exact) mass is 291 g/mol. The molecule has 0 bridgehead atoms. The van der Waals surface area contributed by atoms with Gasteiger partial charge in [0.05, 0.1) is 24.0 Å². The smallest absolute Gasteiger partial charge is 0.308 e. The summed E-state index contributed by atoms with van der Waals surface area (Å²) < 4.78 is 10.6. The molecule has 4 rings (SSSR count). The molecule has 3 heterocycles. The minimum absolute atomic E-state index is 0.0622. The van der Waals surface area contributed by atoms with Gasteiger partial charge in [-0.1, -0.05) is 12.2 Å². The molecule has 3 aliphatic heterocycles. The van der Waals surface area contributed by atoms with Gasteiger partial charge in [0.15, 0.2) is 0 Å². The Labute approximate surface area is 122 Å². The minimum atomic E-state index is -1.47. The van der Waals surface area contributed by atoms with E-state index >= 15 is 0 Å². The molecule has 21 heavy (non-hydrogen) atoms. The fourth-order valence-electron chi connectivity index (χ4n) is 4.37. The first-order valence-electron chi connectivity index (χ1n) is 7.18. The van der Waals surface area contributed by atoms with E-state index in [2.05, 4.69) is 0 Å². The van der Waals surface area contributed by atoms with Gasteiger partial charge in [-0.05, 0) is 5.57 Å². The number of ether oxygens (including phenoxy) is 2. The first kappa shape index (κ1) is 13.0. The Bertz CT molecular complexity index is 597. The average molecular weight is 291 g/mol. The summed E-state index contributed by atoms with van der Waals surface area (Å²) in [6, 6.07) is 0. The lowest BCUT2D eigenvalue weighted by Gasteiger charge is -2.53. The molecule has 0 aromatic carbocycles. The normalized spacial score (nSPS) is 44.1. The summed E-state index contributed by atoms with van der Waals surface area (Å²) in [4.78, 5) is 25.8. The third-order valence-corrected chi connectivity index (χ3v) is 5.31. The third-order valence-electron chi connectivity index (χ3n) is 5.31. The van der Waals surface area contributed by atoms with E-state index in [0.29, 0.717) is 13.0 Å². The van der Waals surface area contributed by atoms with Crippen LogP contribution in [0.1, 0.15) is 19.3 Å². The highest BCUT2D eigenvalue weighted by molar-refractivity contribution is 5.94. The maximum atomic E-state index is 12.3. The van der Waals surface area contributed by atoms with Crippen LogP contribution in [0.5, 0.6) is 0 Å². The molecule has 1 N–H and O–H groups in total. The van der Waals surface area contributed by atoms with Crippen LogP contribution in [-0.2, 0) is 19.1 Å². The number of carbonyl (C=O) groups is 2. The van der Waals surface area contributed by atoms with Gasteiger partial charge in [0.25, 0.3) is 0 Å². The van der Waals surface area contributed by atoms with E-state index in [0.717, 1.165) is 5.57 Å². The van der Waals surface area contributed by atoms with Gasteiger partial charge >= 0.3 is 5.97 Å². The number of hydrogen-bond acceptors (Lipinski definition) is 5. The topological polar surface area (TPSA) is 76.1 Å². The molecule has 1 amide bonds. The summed E-state index contributed by atoms with van der Waals surface area (Å²) >= 11 is 0. The number of esters is 1. The van der Waals surface area contributed by atoms with Crippen LogP contribution < -0.4 is 0 Å². The number of fused-ring (bicyclic) bond motifs is 1. The Morgan fingerprint density at radius 3 is 3.05 bits per heavy atom. The van der Waals surface area contributed by atoms with Gasteiger partial charge in [-0.25, -0.2) is 0 Å². The summed E-state index contributed by atoms with van der Waals surface area (Å²) in [6.07, 6.45) is 6.19. The lowest BCUT2D eigenvalue weighted by Crippen LogP contribution is -2.65. The summed E-state index contributed by atoms with van der Waals surface area (Å²) in [6.45, 7) is 0.378. The number of carbonyl (C=O) groups excluding carboxylic acids is 2. The molecule has 112 valence electrons. The molecule has 6 heteroatoms. The SMILES string of the molecule is CO[C@@H]1C=CC2=CC(=O)N3CC[C@]4(O)OC(=O)C[C@@H]4[C@]23C1. The van der Waals surface area contributed by atoms with E-state index in [9.17, 15) is 14.7 Å². The van der Waals surface area contributed by atoms with Gasteiger partial charge in [0.2, 0.25) is 11.7 Å². The molecule has 0 unspecified atom stereocenters. The quantitative estimate of drug-likeness (QED) is 0.695. The van der Waals surface area contributed by atoms with Gasteiger partial charge < -0.3 is 19.5 Å². The van der Waals surface area contributed by atoms with E-state index in [1.54, 1.807) is 18.1 Å². The highest BCUT2D eigenvalue weighted by Crippen LogP contribution is 2.56. The molecule has 0 radical (unpaired) electrons. The summed E-state index contributed by atoms with van der Waals surface area (Å²) in [5.41, 5.74) is 0.160. The molecule has 6 nitrogen and oxygen atoms in total. The highest BCUT2D eigenvalue weighted by Gasteiger charge is 2.67. The van der Waals surface area contributed by atoms with E-state index in [4.69, 9.17) is 9.47 Å². The first-order valence-corrected chi connectivity index (χ1v) is 7.18. The van der Waals surface area contributed by atoms with Gasteiger partial charge in [-0.2, -0.15) is 0 Å². The number of piperidine rings is 1. The Hall–Kier alpha value is -1.66. The van der Waals surface area contributed by atoms with Crippen LogP contribution in [0, 0.1) is 5.92 Å². The van der Waals surface area contributed by atoms with Gasteiger partial charge in [0.1, 0.15) is 0 Å². The molecule has 1 spiro atoms. The van der Waals surface area contributed by atoms with Crippen molar-refractivity contribution in [2.24, 2.45) is 5.92 Å². The van der Waals surface area contributed by atoms with Crippen molar-refractivity contribution in [1.29, 1.82) is 0 Å². The second-order valence-corrected chi connectivity index (χ2v) is 6.18. The van der Waals surface area contributed by atoms with Crippen LogP contribution in [0.4, 0.5) is 0 Å². The molecular formula is C15H17NO5. The predicted octanol–water partition coefficient (Wildman–Crippen LogP) is 0.124. The zero-order valence-electron chi connectivity index (χ0n) is 11.7. The second kappa shape index (κ2) is 3.96. The van der Waals surface area contributed by atoms with Crippen LogP contribution in [0.25, 0.3) is 0 Å². The third kappa shape index (κ3) is 1.49. The summed E-state index contributed by atoms with van der Waals surface area (Å²) in [5, 5.41) is 10.7. The molecule has 1 aliphatic carbocycles. The standard InChI is InChI=1S/C15H17NO5/c1-20-10-3-2-9-6-12(17)16-5-4-15(19)11(7-13(18)21-15)14(9,16)8-10/h2-3,6,10-11,19H,4-5,7-8H2,1H3/t10-,11-,14+,15+/m1/s1. The predicted molar refractivity (Wildman–Crippen MR) is 70.8 cm³/mol. The Balaban J connectivity index is 1.86. The van der Waals surface area contributed by atoms with Gasteiger partial charge in [-0.15, -0.1) is 0 Å². The van der Waals surface area contributed by atoms with Crippen molar-refractivity contribution in [2.45, 2.75) is 36.7 Å². The number of nitrogens with zero attached hydrogens (tertiary/aromatic N) is 1. The minimum Gasteiger partial charge on any atom is -0.433 e. The van der Waals surface area contributed by atoms with Crippen molar-refractivity contribution < 1.29 is 24.2 Å². The lowest BCUT2D eigenvalue weighted by atomic mass is 9.65. The zero-order chi connectivity index (χ0) is 14.8. The average Bonchev–Trinajstić information content (AvgIpc) is 2.91. The zero-order valence-corrected chi connectivity index (χ0v) is 11.7. The molecule has 2 saturated heterocycles. The number of methoxy groups -OCH3 is 1. The first-order chi connectivity index (χ1) is 9.99. The van der Waals surface area contributed by atoms with E-state index in [-0.39, 0.29) is 24.9 Å². The lowest BCUT2D eigenvalue weighted by molar-refractivity contribution is -0.236. The van der Waals surface area contributed by atoms with Crippen LogP contribution in [0.2, 0.25) is 0 Å². The molecule has 4 atom stereocenters. The van der Waals surface area contributed by atoms with Gasteiger partial charge in [-0.3, -0.25) is 9.59 Å². The summed E-state index contributed by atoms with van der Waals surface area (Å²) in [5.74, 6) is -2.37. The van der Waals surface area contributed by atoms with E-state index < -0.39 is 23.2 Å². The maximum absolute atomic E-state index is 12.3. The second-order valence-electron chi connectivity index (χ2n) is 6.18. The number of rotatable bonds is 1. The van der Waals surface area contributed by atoms with Crippen molar-refractivity contribution in [2.75, 3.05) is 13.7 Å². The number of aliphatic hydroxyl groups is 1. The van der Waals surface area contributed by atoms with Crippen molar-refractivity contribution in [1.82, 2.24) is 4.90 Å². The fourth-order valence-corrected chi connectivity index (χ4v) is 4.37. The van der Waals surface area contributed by atoms with Crippen molar-refractivity contribution in [3.8, 4) is 0 Å².